The van der Waals surface area contributed by atoms with Gasteiger partial charge in [-0.1, -0.05) is 110 Å². The lowest BCUT2D eigenvalue weighted by Crippen LogP contribution is -2.41. The molecular formula is C33H62O3P+. The topological polar surface area (TPSA) is 27.7 Å². The summed E-state index contributed by atoms with van der Waals surface area (Å²) in [4.78, 5) is 0. The molecule has 4 heteroatoms. The quantitative estimate of drug-likeness (QED) is 0.109. The molecule has 1 rings (SSSR count). The monoisotopic (exact) mass is 537 g/mol. The van der Waals surface area contributed by atoms with Crippen LogP contribution in [-0.2, 0) is 9.05 Å². The molecule has 216 valence electrons. The van der Waals surface area contributed by atoms with Gasteiger partial charge < -0.3 is 0 Å². The fourth-order valence-corrected chi connectivity index (χ4v) is 8.03. The van der Waals surface area contributed by atoms with E-state index in [4.69, 9.17) is 13.6 Å². The standard InChI is InChI=1S/C33H62O3P/c1-10-13-16-22-27-31(4,5)35-37(34-30-25-20-19-21-26-30,33(8,9)29-24-18-15-12-3)36-32(6,7)28-23-17-14-11-2/h19-21,25-26H,10-18,22-24,27-29H2,1-9H3/q+1. The van der Waals surface area contributed by atoms with Crippen molar-refractivity contribution in [2.24, 2.45) is 0 Å². The highest BCUT2D eigenvalue weighted by Crippen LogP contribution is 2.75. The number of para-hydroxylation sites is 1. The summed E-state index contributed by atoms with van der Waals surface area (Å²) in [6.07, 6.45) is 17.9. The summed E-state index contributed by atoms with van der Waals surface area (Å²) >= 11 is 0. The maximum atomic E-state index is 7.26. The van der Waals surface area contributed by atoms with Crippen LogP contribution in [0, 0.1) is 0 Å². The Morgan fingerprint density at radius 2 is 0.946 bits per heavy atom. The van der Waals surface area contributed by atoms with Gasteiger partial charge in [-0.15, -0.1) is 0 Å². The zero-order chi connectivity index (χ0) is 27.8. The Labute approximate surface area is 232 Å². The van der Waals surface area contributed by atoms with Gasteiger partial charge in [0.05, 0.1) is 0 Å². The molecule has 0 unspecified atom stereocenters. The minimum atomic E-state index is -2.82. The molecule has 0 spiro atoms. The molecule has 3 nitrogen and oxygen atoms in total. The van der Waals surface area contributed by atoms with Crippen LogP contribution >= 0.6 is 7.94 Å². The van der Waals surface area contributed by atoms with Crippen LogP contribution in [0.25, 0.3) is 0 Å². The van der Waals surface area contributed by atoms with Crippen LogP contribution in [0.1, 0.15) is 159 Å². The molecule has 0 fully saturated rings. The van der Waals surface area contributed by atoms with E-state index in [1.54, 1.807) is 0 Å². The highest BCUT2D eigenvalue weighted by molar-refractivity contribution is 7.63. The van der Waals surface area contributed by atoms with Crippen molar-refractivity contribution in [3.8, 4) is 5.75 Å². The van der Waals surface area contributed by atoms with Crippen molar-refractivity contribution in [3.63, 3.8) is 0 Å². The molecule has 1 aromatic rings. The van der Waals surface area contributed by atoms with Crippen LogP contribution < -0.4 is 4.52 Å². The summed E-state index contributed by atoms with van der Waals surface area (Å²) in [6.45, 7) is 20.4. The molecule has 0 radical (unpaired) electrons. The van der Waals surface area contributed by atoms with E-state index >= 15 is 0 Å². The van der Waals surface area contributed by atoms with Crippen LogP contribution in [0.3, 0.4) is 0 Å². The molecule has 0 aliphatic heterocycles. The molecule has 0 saturated carbocycles. The van der Waals surface area contributed by atoms with Crippen molar-refractivity contribution in [2.75, 3.05) is 0 Å². The molecule has 0 atom stereocenters. The number of rotatable bonds is 22. The van der Waals surface area contributed by atoms with Gasteiger partial charge in [0.25, 0.3) is 0 Å². The van der Waals surface area contributed by atoms with Crippen molar-refractivity contribution in [1.82, 2.24) is 0 Å². The Kier molecular flexibility index (Phi) is 15.9. The summed E-state index contributed by atoms with van der Waals surface area (Å²) in [5.74, 6) is 0.848. The molecule has 0 aliphatic rings. The summed E-state index contributed by atoms with van der Waals surface area (Å²) in [6, 6.07) is 10.2. The van der Waals surface area contributed by atoms with E-state index in [1.165, 1.54) is 77.0 Å². The fraction of sp³-hybridized carbons (Fsp3) is 0.818. The maximum Gasteiger partial charge on any atom is 0.463 e. The van der Waals surface area contributed by atoms with Crippen molar-refractivity contribution >= 4 is 7.94 Å². The molecule has 1 aromatic carbocycles. The van der Waals surface area contributed by atoms with Crippen LogP contribution in [0.4, 0.5) is 0 Å². The Bertz CT molecular complexity index is 673. The van der Waals surface area contributed by atoms with Gasteiger partial charge in [-0.05, 0) is 79.4 Å². The first kappa shape index (κ1) is 34.4. The summed E-state index contributed by atoms with van der Waals surface area (Å²) < 4.78 is 21.5. The lowest BCUT2D eigenvalue weighted by atomic mass is 10.0. The van der Waals surface area contributed by atoms with Crippen LogP contribution in [0.5, 0.6) is 5.75 Å². The SMILES string of the molecule is CCCCCCC(C)(C)O[P+](Oc1ccccc1)(OC(C)(C)CCCCCC)C(C)(C)CCCCCC. The first-order valence-electron chi connectivity index (χ1n) is 15.5. The normalized spacial score (nSPS) is 13.2. The molecule has 0 bridgehead atoms. The van der Waals surface area contributed by atoms with Gasteiger partial charge in [0, 0.05) is 0 Å². The first-order valence-corrected chi connectivity index (χ1v) is 17.0. The molecular weight excluding hydrogens is 475 g/mol. The van der Waals surface area contributed by atoms with Gasteiger partial charge in [0.1, 0.15) is 11.2 Å². The number of hydrogen-bond acceptors (Lipinski definition) is 3. The second kappa shape index (κ2) is 17.1. The van der Waals surface area contributed by atoms with E-state index in [0.29, 0.717) is 0 Å². The maximum absolute atomic E-state index is 7.26. The van der Waals surface area contributed by atoms with Crippen molar-refractivity contribution in [3.05, 3.63) is 30.3 Å². The second-order valence-corrected chi connectivity index (χ2v) is 15.6. The minimum Gasteiger partial charge on any atom is -0.286 e. The van der Waals surface area contributed by atoms with Gasteiger partial charge in [-0.3, -0.25) is 4.52 Å². The smallest absolute Gasteiger partial charge is 0.286 e. The van der Waals surface area contributed by atoms with Crippen LogP contribution in [-0.4, -0.2) is 16.4 Å². The fourth-order valence-electron chi connectivity index (χ4n) is 4.86. The predicted octanol–water partition coefficient (Wildman–Crippen LogP) is 12.1. The zero-order valence-corrected chi connectivity index (χ0v) is 27.1. The summed E-state index contributed by atoms with van der Waals surface area (Å²) in [5.41, 5.74) is -0.648. The van der Waals surface area contributed by atoms with E-state index in [-0.39, 0.29) is 16.4 Å². The highest BCUT2D eigenvalue weighted by atomic mass is 31.2. The van der Waals surface area contributed by atoms with E-state index in [2.05, 4.69) is 74.4 Å². The van der Waals surface area contributed by atoms with Gasteiger partial charge in [-0.2, -0.15) is 9.05 Å². The number of unbranched alkanes of at least 4 members (excludes halogenated alkanes) is 9. The average Bonchev–Trinajstić information content (AvgIpc) is 2.82. The highest BCUT2D eigenvalue weighted by Gasteiger charge is 2.65. The lowest BCUT2D eigenvalue weighted by molar-refractivity contribution is -0.000411. The number of hydrogen-bond donors (Lipinski definition) is 0. The molecule has 0 N–H and O–H groups in total. The Morgan fingerprint density at radius 1 is 0.541 bits per heavy atom. The molecule has 0 aliphatic carbocycles. The molecule has 0 heterocycles. The van der Waals surface area contributed by atoms with Crippen LogP contribution in [0.15, 0.2) is 30.3 Å². The second-order valence-electron chi connectivity index (χ2n) is 12.8. The van der Waals surface area contributed by atoms with E-state index in [0.717, 1.165) is 25.0 Å². The molecule has 0 saturated heterocycles. The van der Waals surface area contributed by atoms with E-state index in [9.17, 15) is 0 Å². The Hall–Kier alpha value is -0.630. The van der Waals surface area contributed by atoms with Crippen LogP contribution in [0.2, 0.25) is 0 Å². The largest absolute Gasteiger partial charge is 0.463 e. The molecule has 0 amide bonds. The van der Waals surface area contributed by atoms with Gasteiger partial charge in [0.2, 0.25) is 0 Å². The zero-order valence-electron chi connectivity index (χ0n) is 26.2. The number of benzene rings is 1. The summed E-state index contributed by atoms with van der Waals surface area (Å²) in [5, 5.41) is -0.238. The van der Waals surface area contributed by atoms with Gasteiger partial charge in [-0.25, -0.2) is 0 Å². The Balaban J connectivity index is 3.38. The summed E-state index contributed by atoms with van der Waals surface area (Å²) in [7, 11) is -2.82. The molecule has 0 aromatic heterocycles. The van der Waals surface area contributed by atoms with E-state index in [1.807, 2.05) is 18.2 Å². The lowest BCUT2D eigenvalue weighted by Gasteiger charge is -2.42. The van der Waals surface area contributed by atoms with Gasteiger partial charge >= 0.3 is 7.94 Å². The minimum absolute atomic E-state index is 0.238. The van der Waals surface area contributed by atoms with Crippen molar-refractivity contribution in [2.45, 2.75) is 175 Å². The third-order valence-electron chi connectivity index (χ3n) is 7.35. The van der Waals surface area contributed by atoms with Crippen molar-refractivity contribution < 1.29 is 13.6 Å². The van der Waals surface area contributed by atoms with Gasteiger partial charge in [0.15, 0.2) is 10.9 Å². The average molecular weight is 538 g/mol. The predicted molar refractivity (Wildman–Crippen MR) is 165 cm³/mol. The third-order valence-corrected chi connectivity index (χ3v) is 11.0. The first-order chi connectivity index (χ1) is 17.4. The molecule has 37 heavy (non-hydrogen) atoms. The van der Waals surface area contributed by atoms with Crippen molar-refractivity contribution in [1.29, 1.82) is 0 Å². The third kappa shape index (κ3) is 13.3. The Morgan fingerprint density at radius 3 is 1.35 bits per heavy atom. The van der Waals surface area contributed by atoms with E-state index < -0.39 is 7.94 Å².